The maximum Gasteiger partial charge on any atom is 0.229 e. The van der Waals surface area contributed by atoms with E-state index in [0.29, 0.717) is 5.13 Å². The summed E-state index contributed by atoms with van der Waals surface area (Å²) in [5.74, 6) is 0.255. The Morgan fingerprint density at radius 1 is 1.41 bits per heavy atom. The van der Waals surface area contributed by atoms with E-state index in [4.69, 9.17) is 29.4 Å². The van der Waals surface area contributed by atoms with Crippen LogP contribution in [-0.4, -0.2) is 19.9 Å². The number of azo groups is 1. The first-order valence-electron chi connectivity index (χ1n) is 4.34. The van der Waals surface area contributed by atoms with Crippen molar-refractivity contribution in [1.29, 1.82) is 0 Å². The van der Waals surface area contributed by atoms with E-state index in [1.54, 1.807) is 11.6 Å². The fourth-order valence-electron chi connectivity index (χ4n) is 1.07. The van der Waals surface area contributed by atoms with Gasteiger partial charge >= 0.3 is 0 Å². The standard InChI is InChI=1S/C7H8N8S2/c8-4-3(5(9)15(14-4)6(10)16)12-13-7-11-1-2-17-7/h1-2H,9H2,(H2,8,14)(H2,10,16). The van der Waals surface area contributed by atoms with Crippen LogP contribution in [-0.2, 0) is 0 Å². The molecule has 2 rings (SSSR count). The summed E-state index contributed by atoms with van der Waals surface area (Å²) < 4.78 is 1.13. The SMILES string of the molecule is NC(=S)n1nc(N)c(N=Nc2nccs2)c1N. The molecule has 0 fully saturated rings. The molecule has 0 amide bonds. The molecule has 2 aromatic heterocycles. The van der Waals surface area contributed by atoms with Crippen molar-refractivity contribution in [3.63, 3.8) is 0 Å². The Labute approximate surface area is 105 Å². The van der Waals surface area contributed by atoms with E-state index in [2.05, 4.69) is 20.3 Å². The first-order chi connectivity index (χ1) is 8.09. The molecular formula is C7H8N8S2. The normalized spacial score (nSPS) is 11.1. The zero-order valence-electron chi connectivity index (χ0n) is 8.44. The first-order valence-corrected chi connectivity index (χ1v) is 5.63. The van der Waals surface area contributed by atoms with Crippen LogP contribution in [0.15, 0.2) is 21.8 Å². The minimum Gasteiger partial charge on any atom is -0.382 e. The lowest BCUT2D eigenvalue weighted by atomic mass is 10.5. The summed E-state index contributed by atoms with van der Waals surface area (Å²) in [6.07, 6.45) is 1.62. The summed E-state index contributed by atoms with van der Waals surface area (Å²) in [7, 11) is 0. The van der Waals surface area contributed by atoms with E-state index in [1.165, 1.54) is 11.3 Å². The Hall–Kier alpha value is -2.07. The van der Waals surface area contributed by atoms with Gasteiger partial charge < -0.3 is 17.2 Å². The predicted octanol–water partition coefficient (Wildman–Crippen LogP) is 1.01. The van der Waals surface area contributed by atoms with Gasteiger partial charge in [0.25, 0.3) is 0 Å². The Balaban J connectivity index is 2.36. The van der Waals surface area contributed by atoms with Crippen molar-refractivity contribution >= 4 is 51.1 Å². The largest absolute Gasteiger partial charge is 0.382 e. The molecular weight excluding hydrogens is 260 g/mol. The fourth-order valence-corrected chi connectivity index (χ4v) is 1.66. The van der Waals surface area contributed by atoms with Crippen LogP contribution >= 0.6 is 23.6 Å². The van der Waals surface area contributed by atoms with Gasteiger partial charge in [-0.1, -0.05) is 0 Å². The highest BCUT2D eigenvalue weighted by Gasteiger charge is 2.14. The van der Waals surface area contributed by atoms with Gasteiger partial charge in [-0.15, -0.1) is 26.7 Å². The molecule has 0 spiro atoms. The molecule has 0 radical (unpaired) electrons. The maximum absolute atomic E-state index is 5.73. The van der Waals surface area contributed by atoms with Crippen molar-refractivity contribution in [2.24, 2.45) is 16.0 Å². The zero-order valence-corrected chi connectivity index (χ0v) is 10.1. The monoisotopic (exact) mass is 268 g/mol. The third-order valence-electron chi connectivity index (χ3n) is 1.78. The highest BCUT2D eigenvalue weighted by molar-refractivity contribution is 7.80. The van der Waals surface area contributed by atoms with Gasteiger partial charge in [0, 0.05) is 11.6 Å². The Morgan fingerprint density at radius 3 is 2.71 bits per heavy atom. The van der Waals surface area contributed by atoms with E-state index in [-0.39, 0.29) is 22.4 Å². The molecule has 0 unspecified atom stereocenters. The quantitative estimate of drug-likeness (QED) is 0.549. The lowest BCUT2D eigenvalue weighted by Crippen LogP contribution is -2.22. The molecule has 17 heavy (non-hydrogen) atoms. The lowest BCUT2D eigenvalue weighted by molar-refractivity contribution is 0.956. The van der Waals surface area contributed by atoms with Gasteiger partial charge in [-0.05, 0) is 12.2 Å². The summed E-state index contributed by atoms with van der Waals surface area (Å²) in [5, 5.41) is 13.8. The first kappa shape index (κ1) is 11.4. The number of hydrogen-bond acceptors (Lipinski definition) is 8. The van der Waals surface area contributed by atoms with Crippen LogP contribution in [0.2, 0.25) is 0 Å². The second kappa shape index (κ2) is 4.43. The van der Waals surface area contributed by atoms with Crippen LogP contribution in [0, 0.1) is 0 Å². The third-order valence-corrected chi connectivity index (χ3v) is 2.61. The number of rotatable bonds is 2. The summed E-state index contributed by atoms with van der Waals surface area (Å²) in [4.78, 5) is 3.93. The van der Waals surface area contributed by atoms with Gasteiger partial charge in [0.2, 0.25) is 5.13 Å². The molecule has 2 heterocycles. The van der Waals surface area contributed by atoms with Gasteiger partial charge in [0.05, 0.1) is 0 Å². The highest BCUT2D eigenvalue weighted by Crippen LogP contribution is 2.30. The molecule has 0 saturated carbocycles. The van der Waals surface area contributed by atoms with Gasteiger partial charge in [-0.2, -0.15) is 4.68 Å². The van der Waals surface area contributed by atoms with E-state index in [1.807, 2.05) is 0 Å². The van der Waals surface area contributed by atoms with Crippen molar-refractivity contribution in [3.8, 4) is 0 Å². The number of hydrogen-bond donors (Lipinski definition) is 3. The van der Waals surface area contributed by atoms with Crippen LogP contribution in [0.3, 0.4) is 0 Å². The minimum atomic E-state index is -0.00935. The lowest BCUT2D eigenvalue weighted by Gasteiger charge is -1.97. The van der Waals surface area contributed by atoms with Crippen molar-refractivity contribution < 1.29 is 0 Å². The van der Waals surface area contributed by atoms with Gasteiger partial charge in [-0.25, -0.2) is 4.98 Å². The second-order valence-corrected chi connectivity index (χ2v) is 4.18. The van der Waals surface area contributed by atoms with Gasteiger partial charge in [0.1, 0.15) is 0 Å². The van der Waals surface area contributed by atoms with Crippen LogP contribution < -0.4 is 17.2 Å². The molecule has 0 aliphatic carbocycles. The molecule has 0 aliphatic heterocycles. The van der Waals surface area contributed by atoms with Crippen LogP contribution in [0.25, 0.3) is 0 Å². The summed E-state index contributed by atoms with van der Waals surface area (Å²) in [6.45, 7) is 0. The minimum absolute atomic E-state index is 0.00935. The molecule has 0 bridgehead atoms. The van der Waals surface area contributed by atoms with Crippen LogP contribution in [0.5, 0.6) is 0 Å². The third kappa shape index (κ3) is 2.21. The highest BCUT2D eigenvalue weighted by atomic mass is 32.1. The topological polar surface area (TPSA) is 133 Å². The molecule has 88 valence electrons. The van der Waals surface area contributed by atoms with Crippen molar-refractivity contribution in [1.82, 2.24) is 14.8 Å². The molecule has 0 aliphatic rings. The van der Waals surface area contributed by atoms with Crippen molar-refractivity contribution in [2.75, 3.05) is 11.5 Å². The van der Waals surface area contributed by atoms with Gasteiger partial charge in [-0.3, -0.25) is 0 Å². The Kier molecular flexibility index (Phi) is 2.97. The summed E-state index contributed by atoms with van der Waals surface area (Å²) in [5.41, 5.74) is 17.0. The number of anilines is 2. The molecule has 2 aromatic rings. The van der Waals surface area contributed by atoms with E-state index < -0.39 is 0 Å². The van der Waals surface area contributed by atoms with Crippen molar-refractivity contribution in [2.45, 2.75) is 0 Å². The van der Waals surface area contributed by atoms with Crippen molar-refractivity contribution in [3.05, 3.63) is 11.6 Å². The van der Waals surface area contributed by atoms with E-state index in [0.717, 1.165) is 4.68 Å². The van der Waals surface area contributed by atoms with Crippen LogP contribution in [0.1, 0.15) is 0 Å². The number of aromatic nitrogens is 3. The Bertz CT molecular complexity index is 569. The smallest absolute Gasteiger partial charge is 0.229 e. The molecule has 0 aromatic carbocycles. The summed E-state index contributed by atoms with van der Waals surface area (Å²) in [6, 6.07) is 0. The summed E-state index contributed by atoms with van der Waals surface area (Å²) >= 11 is 6.08. The van der Waals surface area contributed by atoms with E-state index in [9.17, 15) is 0 Å². The molecule has 6 N–H and O–H groups in total. The molecule has 8 nitrogen and oxygen atoms in total. The average molecular weight is 268 g/mol. The molecule has 0 saturated heterocycles. The number of thiazole rings is 1. The van der Waals surface area contributed by atoms with E-state index >= 15 is 0 Å². The number of thiocarbonyl (C=S) groups is 1. The number of nitrogens with zero attached hydrogens (tertiary/aromatic N) is 5. The predicted molar refractivity (Wildman–Crippen MR) is 69.5 cm³/mol. The number of nitrogen functional groups attached to an aromatic ring is 2. The molecule has 10 heteroatoms. The maximum atomic E-state index is 5.73. The number of nitrogens with two attached hydrogens (primary N) is 3. The molecule has 0 atom stereocenters. The second-order valence-electron chi connectivity index (χ2n) is 2.88. The van der Waals surface area contributed by atoms with Crippen LogP contribution in [0.4, 0.5) is 22.5 Å². The fraction of sp³-hybridized carbons (Fsp3) is 0. The average Bonchev–Trinajstić information content (AvgIpc) is 2.86. The zero-order chi connectivity index (χ0) is 12.4. The Morgan fingerprint density at radius 2 is 2.18 bits per heavy atom. The van der Waals surface area contributed by atoms with Gasteiger partial charge in [0.15, 0.2) is 22.4 Å².